The molecule has 1 saturated heterocycles. The number of benzene rings is 1. The Labute approximate surface area is 162 Å². The van der Waals surface area contributed by atoms with E-state index in [0.717, 1.165) is 57.0 Å². The van der Waals surface area contributed by atoms with E-state index in [2.05, 4.69) is 31.4 Å². The number of hydrogen-bond acceptors (Lipinski definition) is 7. The van der Waals surface area contributed by atoms with Crippen molar-refractivity contribution in [3.63, 3.8) is 0 Å². The maximum absolute atomic E-state index is 12.3. The fourth-order valence-corrected chi connectivity index (χ4v) is 3.68. The molecule has 0 bridgehead atoms. The lowest BCUT2D eigenvalue weighted by Gasteiger charge is -2.34. The molecule has 9 nitrogen and oxygen atoms in total. The highest BCUT2D eigenvalue weighted by Crippen LogP contribution is 2.23. The number of carbonyl (C=O) groups excluding carboxylic acids is 1. The van der Waals surface area contributed by atoms with Crippen LogP contribution in [-0.2, 0) is 17.6 Å². The number of anilines is 2. The molecule has 2 aromatic rings. The molecule has 0 radical (unpaired) electrons. The number of nitro benzene ring substituents is 1. The van der Waals surface area contributed by atoms with Gasteiger partial charge in [0.05, 0.1) is 17.2 Å². The number of nitrogens with zero attached hydrogens (tertiary/aromatic N) is 5. The van der Waals surface area contributed by atoms with Gasteiger partial charge >= 0.3 is 0 Å². The third-order valence-corrected chi connectivity index (χ3v) is 5.23. The number of rotatable bonds is 5. The summed E-state index contributed by atoms with van der Waals surface area (Å²) in [7, 11) is 0. The van der Waals surface area contributed by atoms with Crippen molar-refractivity contribution in [2.75, 3.05) is 42.9 Å². The van der Waals surface area contributed by atoms with Crippen LogP contribution in [0.3, 0.4) is 0 Å². The predicted molar refractivity (Wildman–Crippen MR) is 104 cm³/mol. The Morgan fingerprint density at radius 1 is 1.11 bits per heavy atom. The molecular formula is C19H22N6O3. The zero-order chi connectivity index (χ0) is 19.5. The van der Waals surface area contributed by atoms with Crippen LogP contribution in [0.25, 0.3) is 0 Å². The molecular weight excluding hydrogens is 360 g/mol. The van der Waals surface area contributed by atoms with E-state index in [4.69, 9.17) is 0 Å². The molecule has 1 aliphatic heterocycles. The maximum atomic E-state index is 12.3. The first-order chi connectivity index (χ1) is 13.6. The molecule has 0 atom stereocenters. The van der Waals surface area contributed by atoms with E-state index in [1.54, 1.807) is 12.1 Å². The minimum absolute atomic E-state index is 0.00350. The van der Waals surface area contributed by atoms with Crippen molar-refractivity contribution in [2.45, 2.75) is 19.3 Å². The van der Waals surface area contributed by atoms with Crippen molar-refractivity contribution < 1.29 is 9.72 Å². The summed E-state index contributed by atoms with van der Waals surface area (Å²) < 4.78 is 0. The topological polar surface area (TPSA) is 104 Å². The lowest BCUT2D eigenvalue weighted by molar-refractivity contribution is -0.384. The molecule has 2 heterocycles. The summed E-state index contributed by atoms with van der Waals surface area (Å²) in [6.07, 6.45) is 3.27. The molecule has 28 heavy (non-hydrogen) atoms. The van der Waals surface area contributed by atoms with Gasteiger partial charge in [-0.25, -0.2) is 0 Å². The summed E-state index contributed by atoms with van der Waals surface area (Å²) >= 11 is 0. The SMILES string of the molecule is O=C(CN1CCN(c2cc3c(nn2)CCC3)CC1)Nc1ccc([N+](=O)[O-])cc1. The molecule has 1 fully saturated rings. The Hall–Kier alpha value is -3.07. The third kappa shape index (κ3) is 4.09. The van der Waals surface area contributed by atoms with Crippen LogP contribution in [-0.4, -0.2) is 58.7 Å². The quantitative estimate of drug-likeness (QED) is 0.619. The molecule has 2 aliphatic rings. The summed E-state index contributed by atoms with van der Waals surface area (Å²) in [5.74, 6) is 0.801. The average Bonchev–Trinajstić information content (AvgIpc) is 3.17. The number of nitrogens with one attached hydrogen (secondary N) is 1. The number of hydrogen-bond donors (Lipinski definition) is 1. The Kier molecular flexibility index (Phi) is 5.16. The fourth-order valence-electron chi connectivity index (χ4n) is 3.68. The molecule has 0 unspecified atom stereocenters. The van der Waals surface area contributed by atoms with Crippen molar-refractivity contribution in [3.05, 3.63) is 51.7 Å². The highest BCUT2D eigenvalue weighted by atomic mass is 16.6. The van der Waals surface area contributed by atoms with Gasteiger partial charge in [0.15, 0.2) is 5.82 Å². The van der Waals surface area contributed by atoms with Gasteiger partial charge in [0.1, 0.15) is 0 Å². The maximum Gasteiger partial charge on any atom is 0.269 e. The Bertz CT molecular complexity index is 878. The van der Waals surface area contributed by atoms with Gasteiger partial charge in [-0.2, -0.15) is 5.10 Å². The molecule has 0 spiro atoms. The number of aryl methyl sites for hydroxylation is 2. The normalized spacial score (nSPS) is 16.6. The van der Waals surface area contributed by atoms with Gasteiger partial charge in [0.2, 0.25) is 5.91 Å². The van der Waals surface area contributed by atoms with E-state index in [-0.39, 0.29) is 11.6 Å². The highest BCUT2D eigenvalue weighted by molar-refractivity contribution is 5.92. The largest absolute Gasteiger partial charge is 0.353 e. The number of piperazine rings is 1. The molecule has 1 aliphatic carbocycles. The lowest BCUT2D eigenvalue weighted by Crippen LogP contribution is -2.49. The van der Waals surface area contributed by atoms with Gasteiger partial charge < -0.3 is 10.2 Å². The summed E-state index contributed by atoms with van der Waals surface area (Å²) in [5.41, 5.74) is 3.01. The first-order valence-electron chi connectivity index (χ1n) is 9.45. The molecule has 4 rings (SSSR count). The van der Waals surface area contributed by atoms with Gasteiger partial charge in [0.25, 0.3) is 5.69 Å². The number of aromatic nitrogens is 2. The number of nitro groups is 1. The van der Waals surface area contributed by atoms with Crippen LogP contribution in [0.15, 0.2) is 30.3 Å². The zero-order valence-corrected chi connectivity index (χ0v) is 15.5. The second-order valence-corrected chi connectivity index (χ2v) is 7.14. The number of amides is 1. The van der Waals surface area contributed by atoms with Gasteiger partial charge in [-0.15, -0.1) is 5.10 Å². The van der Waals surface area contributed by atoms with Crippen LogP contribution in [0.5, 0.6) is 0 Å². The van der Waals surface area contributed by atoms with Gasteiger partial charge in [0, 0.05) is 44.0 Å². The van der Waals surface area contributed by atoms with Crippen molar-refractivity contribution in [3.8, 4) is 0 Å². The smallest absolute Gasteiger partial charge is 0.269 e. The lowest BCUT2D eigenvalue weighted by atomic mass is 10.2. The molecule has 9 heteroatoms. The minimum Gasteiger partial charge on any atom is -0.353 e. The van der Waals surface area contributed by atoms with Crippen LogP contribution < -0.4 is 10.2 Å². The van der Waals surface area contributed by atoms with E-state index in [1.807, 2.05) is 0 Å². The van der Waals surface area contributed by atoms with Crippen LogP contribution in [0.4, 0.5) is 17.2 Å². The molecule has 1 aromatic carbocycles. The summed E-state index contributed by atoms with van der Waals surface area (Å²) in [4.78, 5) is 26.8. The summed E-state index contributed by atoms with van der Waals surface area (Å²) in [6, 6.07) is 8.01. The van der Waals surface area contributed by atoms with Crippen LogP contribution >= 0.6 is 0 Å². The second kappa shape index (κ2) is 7.89. The predicted octanol–water partition coefficient (Wildman–Crippen LogP) is 1.63. The monoisotopic (exact) mass is 382 g/mol. The average molecular weight is 382 g/mol. The van der Waals surface area contributed by atoms with Gasteiger partial charge in [-0.1, -0.05) is 0 Å². The van der Waals surface area contributed by atoms with Gasteiger partial charge in [-0.05, 0) is 43.0 Å². The molecule has 1 N–H and O–H groups in total. The first-order valence-corrected chi connectivity index (χ1v) is 9.45. The third-order valence-electron chi connectivity index (χ3n) is 5.23. The van der Waals surface area contributed by atoms with Crippen molar-refractivity contribution in [1.29, 1.82) is 0 Å². The zero-order valence-electron chi connectivity index (χ0n) is 15.5. The van der Waals surface area contributed by atoms with E-state index < -0.39 is 4.92 Å². The van der Waals surface area contributed by atoms with Crippen molar-refractivity contribution >= 4 is 23.1 Å². The van der Waals surface area contributed by atoms with E-state index in [1.165, 1.54) is 17.7 Å². The second-order valence-electron chi connectivity index (χ2n) is 7.14. The molecule has 0 saturated carbocycles. The summed E-state index contributed by atoms with van der Waals surface area (Å²) in [6.45, 7) is 3.44. The summed E-state index contributed by atoms with van der Waals surface area (Å²) in [5, 5.41) is 22.2. The number of fused-ring (bicyclic) bond motifs is 1. The molecule has 1 aromatic heterocycles. The number of non-ortho nitro benzene ring substituents is 1. The van der Waals surface area contributed by atoms with E-state index in [9.17, 15) is 14.9 Å². The van der Waals surface area contributed by atoms with Crippen LogP contribution in [0, 0.1) is 10.1 Å². The molecule has 146 valence electrons. The van der Waals surface area contributed by atoms with Crippen molar-refractivity contribution in [2.24, 2.45) is 0 Å². The van der Waals surface area contributed by atoms with Gasteiger partial charge in [-0.3, -0.25) is 19.8 Å². The van der Waals surface area contributed by atoms with Crippen LogP contribution in [0.1, 0.15) is 17.7 Å². The Morgan fingerprint density at radius 3 is 2.57 bits per heavy atom. The Balaban J connectivity index is 1.27. The highest BCUT2D eigenvalue weighted by Gasteiger charge is 2.22. The Morgan fingerprint density at radius 2 is 1.86 bits per heavy atom. The van der Waals surface area contributed by atoms with Crippen LogP contribution in [0.2, 0.25) is 0 Å². The molecule has 1 amide bonds. The number of carbonyl (C=O) groups is 1. The minimum atomic E-state index is -0.462. The fraction of sp³-hybridized carbons (Fsp3) is 0.421. The van der Waals surface area contributed by atoms with E-state index >= 15 is 0 Å². The standard InChI is InChI=1S/C19H22N6O3/c26-19(20-15-4-6-16(7-5-15)25(27)28)13-23-8-10-24(11-9-23)18-12-14-2-1-3-17(14)21-22-18/h4-7,12H,1-3,8-11,13H2,(H,20,26). The van der Waals surface area contributed by atoms with E-state index in [0.29, 0.717) is 12.2 Å². The van der Waals surface area contributed by atoms with Crippen molar-refractivity contribution in [1.82, 2.24) is 15.1 Å². The first kappa shape index (κ1) is 18.3.